The zero-order valence-corrected chi connectivity index (χ0v) is 21.6. The second-order valence-corrected chi connectivity index (χ2v) is 9.65. The molecule has 2 heterocycles. The molecule has 1 fully saturated rings. The third-order valence-electron chi connectivity index (χ3n) is 6.65. The molecule has 3 rings (SSSR count). The third-order valence-corrected chi connectivity index (χ3v) is 7.02. The lowest BCUT2D eigenvalue weighted by Gasteiger charge is -2.28. The summed E-state index contributed by atoms with van der Waals surface area (Å²) in [6.07, 6.45) is 4.84. The summed E-state index contributed by atoms with van der Waals surface area (Å²) in [5, 5.41) is 15.8. The van der Waals surface area contributed by atoms with E-state index in [0.29, 0.717) is 32.4 Å². The number of carboxylic acids is 1. The first-order chi connectivity index (χ1) is 17.8. The molecule has 0 spiro atoms. The maximum atomic E-state index is 13.0. The van der Waals surface area contributed by atoms with Crippen LogP contribution < -0.4 is 22.1 Å². The fourth-order valence-electron chi connectivity index (χ4n) is 4.60. The molecule has 2 aromatic rings. The van der Waals surface area contributed by atoms with E-state index in [1.807, 2.05) is 24.3 Å². The molecule has 0 radical (unpaired) electrons. The molecule has 202 valence electrons. The Balaban J connectivity index is 1.61. The summed E-state index contributed by atoms with van der Waals surface area (Å²) in [5.74, 6) is -2.69. The molecule has 4 atom stereocenters. The van der Waals surface area contributed by atoms with Gasteiger partial charge in [-0.3, -0.25) is 14.4 Å². The largest absolute Gasteiger partial charge is 0.480 e. The predicted octanol–water partition coefficient (Wildman–Crippen LogP) is 0.142. The van der Waals surface area contributed by atoms with Crippen molar-refractivity contribution >= 4 is 47.2 Å². The molecule has 12 heteroatoms. The highest BCUT2D eigenvalue weighted by atomic mass is 32.1. The molecule has 3 amide bonds. The molecule has 1 aromatic carbocycles. The highest BCUT2D eigenvalue weighted by Crippen LogP contribution is 2.21. The first-order valence-corrected chi connectivity index (χ1v) is 13.2. The molecule has 1 aliphatic rings. The van der Waals surface area contributed by atoms with Crippen LogP contribution in [0.15, 0.2) is 30.5 Å². The van der Waals surface area contributed by atoms with E-state index in [-0.39, 0.29) is 18.1 Å². The minimum absolute atomic E-state index is 0.0454. The standard InChI is InChI=1S/C25H36N6O5S/c26-10-4-3-7-17(27)24(34)31-11-5-9-21(31)23(33)30-20(14-37)22(32)29-19(25(35)36)12-15-13-28-18-8-2-1-6-16(15)18/h1-2,6,8,13,17,19-21,28,37H,3-5,7,9-12,14,26-27H2,(H,29,32)(H,30,33)(H,35,36). The number of para-hydroxylation sites is 1. The number of nitrogens with two attached hydrogens (primary N) is 2. The molecule has 1 aliphatic heterocycles. The number of aromatic amines is 1. The zero-order valence-electron chi connectivity index (χ0n) is 20.7. The highest BCUT2D eigenvalue weighted by Gasteiger charge is 2.37. The molecule has 8 N–H and O–H groups in total. The van der Waals surface area contributed by atoms with E-state index in [1.165, 1.54) is 4.90 Å². The summed E-state index contributed by atoms with van der Waals surface area (Å²) in [4.78, 5) is 55.3. The first-order valence-electron chi connectivity index (χ1n) is 12.5. The molecule has 1 aromatic heterocycles. The molecule has 37 heavy (non-hydrogen) atoms. The van der Waals surface area contributed by atoms with E-state index >= 15 is 0 Å². The summed E-state index contributed by atoms with van der Waals surface area (Å²) in [7, 11) is 0. The van der Waals surface area contributed by atoms with Crippen LogP contribution in [-0.2, 0) is 25.6 Å². The number of aliphatic carboxylic acids is 1. The summed E-state index contributed by atoms with van der Waals surface area (Å²) < 4.78 is 0. The molecule has 0 bridgehead atoms. The van der Waals surface area contributed by atoms with Gasteiger partial charge in [-0.05, 0) is 43.9 Å². The minimum atomic E-state index is -1.21. The van der Waals surface area contributed by atoms with Gasteiger partial charge in [-0.25, -0.2) is 4.79 Å². The summed E-state index contributed by atoms with van der Waals surface area (Å²) >= 11 is 4.19. The Labute approximate surface area is 221 Å². The molecule has 0 saturated carbocycles. The number of carbonyl (C=O) groups is 4. The number of H-pyrrole nitrogens is 1. The second kappa shape index (κ2) is 13.5. The van der Waals surface area contributed by atoms with E-state index in [1.54, 1.807) is 6.20 Å². The van der Waals surface area contributed by atoms with Crippen LogP contribution in [0.25, 0.3) is 10.9 Å². The minimum Gasteiger partial charge on any atom is -0.480 e. The van der Waals surface area contributed by atoms with Gasteiger partial charge in [0.1, 0.15) is 18.1 Å². The van der Waals surface area contributed by atoms with Gasteiger partial charge in [0.25, 0.3) is 0 Å². The van der Waals surface area contributed by atoms with E-state index in [2.05, 4.69) is 28.2 Å². The van der Waals surface area contributed by atoms with Crippen molar-refractivity contribution in [2.75, 3.05) is 18.8 Å². The zero-order chi connectivity index (χ0) is 26.9. The Morgan fingerprint density at radius 3 is 2.62 bits per heavy atom. The van der Waals surface area contributed by atoms with Gasteiger partial charge in [0, 0.05) is 35.8 Å². The fourth-order valence-corrected chi connectivity index (χ4v) is 4.86. The normalized spacial score (nSPS) is 17.8. The Bertz CT molecular complexity index is 1110. The van der Waals surface area contributed by atoms with Crippen molar-refractivity contribution < 1.29 is 24.3 Å². The van der Waals surface area contributed by atoms with Crippen molar-refractivity contribution in [2.24, 2.45) is 11.5 Å². The van der Waals surface area contributed by atoms with Crippen LogP contribution in [0.1, 0.15) is 37.7 Å². The van der Waals surface area contributed by atoms with Crippen molar-refractivity contribution in [1.29, 1.82) is 0 Å². The summed E-state index contributed by atoms with van der Waals surface area (Å²) in [5.41, 5.74) is 13.2. The Hall–Kier alpha value is -3.09. The van der Waals surface area contributed by atoms with Gasteiger partial charge in [-0.1, -0.05) is 24.6 Å². The van der Waals surface area contributed by atoms with Gasteiger partial charge in [-0.15, -0.1) is 0 Å². The quantitative estimate of drug-likeness (QED) is 0.141. The van der Waals surface area contributed by atoms with Gasteiger partial charge in [0.2, 0.25) is 17.7 Å². The third kappa shape index (κ3) is 7.24. The lowest BCUT2D eigenvalue weighted by Crippen LogP contribution is -2.57. The van der Waals surface area contributed by atoms with Crippen molar-refractivity contribution in [2.45, 2.75) is 62.7 Å². The lowest BCUT2D eigenvalue weighted by molar-refractivity contribution is -0.143. The summed E-state index contributed by atoms with van der Waals surface area (Å²) in [6.45, 7) is 0.929. The number of unbranched alkanes of at least 4 members (excludes halogenated alkanes) is 1. The fraction of sp³-hybridized carbons (Fsp3) is 0.520. The van der Waals surface area contributed by atoms with Crippen LogP contribution in [0.2, 0.25) is 0 Å². The van der Waals surface area contributed by atoms with Crippen LogP contribution in [0.3, 0.4) is 0 Å². The number of amides is 3. The Kier molecular flexibility index (Phi) is 10.4. The van der Waals surface area contributed by atoms with Crippen molar-refractivity contribution in [3.05, 3.63) is 36.0 Å². The number of thiol groups is 1. The SMILES string of the molecule is NCCCCC(N)C(=O)N1CCCC1C(=O)NC(CS)C(=O)NC(Cc1c[nH]c2ccccc12)C(=O)O. The Morgan fingerprint density at radius 2 is 1.92 bits per heavy atom. The number of rotatable bonds is 13. The van der Waals surface area contributed by atoms with E-state index in [0.717, 1.165) is 29.3 Å². The van der Waals surface area contributed by atoms with Crippen molar-refractivity contribution in [3.8, 4) is 0 Å². The van der Waals surface area contributed by atoms with Crippen molar-refractivity contribution in [1.82, 2.24) is 20.5 Å². The topological polar surface area (TPSA) is 184 Å². The number of nitrogens with zero attached hydrogens (tertiary/aromatic N) is 1. The Morgan fingerprint density at radius 1 is 1.16 bits per heavy atom. The van der Waals surface area contributed by atoms with Crippen LogP contribution in [0.5, 0.6) is 0 Å². The van der Waals surface area contributed by atoms with Crippen LogP contribution in [-0.4, -0.2) is 81.7 Å². The average Bonchev–Trinajstić information content (AvgIpc) is 3.54. The number of hydrogen-bond donors (Lipinski definition) is 7. The molecular formula is C25H36N6O5S. The number of hydrogen-bond acceptors (Lipinski definition) is 7. The molecule has 4 unspecified atom stereocenters. The molecule has 0 aliphatic carbocycles. The average molecular weight is 533 g/mol. The monoisotopic (exact) mass is 532 g/mol. The number of aromatic nitrogens is 1. The maximum Gasteiger partial charge on any atom is 0.326 e. The van der Waals surface area contributed by atoms with Crippen LogP contribution >= 0.6 is 12.6 Å². The lowest BCUT2D eigenvalue weighted by atomic mass is 10.0. The van der Waals surface area contributed by atoms with Gasteiger partial charge >= 0.3 is 5.97 Å². The number of benzene rings is 1. The van der Waals surface area contributed by atoms with Crippen molar-refractivity contribution in [3.63, 3.8) is 0 Å². The number of fused-ring (bicyclic) bond motifs is 1. The van der Waals surface area contributed by atoms with Gasteiger partial charge in [0.05, 0.1) is 6.04 Å². The van der Waals surface area contributed by atoms with E-state index < -0.39 is 42.0 Å². The van der Waals surface area contributed by atoms with Crippen LogP contribution in [0, 0.1) is 0 Å². The smallest absolute Gasteiger partial charge is 0.326 e. The van der Waals surface area contributed by atoms with Gasteiger partial charge < -0.3 is 37.1 Å². The van der Waals surface area contributed by atoms with Gasteiger partial charge in [-0.2, -0.15) is 12.6 Å². The highest BCUT2D eigenvalue weighted by molar-refractivity contribution is 7.80. The molecule has 1 saturated heterocycles. The number of carbonyl (C=O) groups excluding carboxylic acids is 3. The van der Waals surface area contributed by atoms with Gasteiger partial charge in [0.15, 0.2) is 0 Å². The predicted molar refractivity (Wildman–Crippen MR) is 143 cm³/mol. The maximum absolute atomic E-state index is 13.0. The second-order valence-electron chi connectivity index (χ2n) is 9.29. The van der Waals surface area contributed by atoms with Crippen LogP contribution in [0.4, 0.5) is 0 Å². The van der Waals surface area contributed by atoms with E-state index in [9.17, 15) is 24.3 Å². The molecular weight excluding hydrogens is 496 g/mol. The molecule has 11 nitrogen and oxygen atoms in total. The number of nitrogens with one attached hydrogen (secondary N) is 3. The number of likely N-dealkylation sites (tertiary alicyclic amines) is 1. The first kappa shape index (κ1) is 28.5. The summed E-state index contributed by atoms with van der Waals surface area (Å²) in [6, 6.07) is 3.73. The van der Waals surface area contributed by atoms with E-state index in [4.69, 9.17) is 11.5 Å². The number of carboxylic acid groups (broad SMARTS) is 1.